The molecule has 0 aromatic heterocycles. The van der Waals surface area contributed by atoms with E-state index < -0.39 is 5.97 Å². The highest BCUT2D eigenvalue weighted by molar-refractivity contribution is 5.94. The summed E-state index contributed by atoms with van der Waals surface area (Å²) in [6, 6.07) is 10.5. The van der Waals surface area contributed by atoms with Crippen LogP contribution in [0.15, 0.2) is 36.4 Å². The molecule has 0 saturated carbocycles. The van der Waals surface area contributed by atoms with Gasteiger partial charge in [-0.3, -0.25) is 4.79 Å². The van der Waals surface area contributed by atoms with Crippen molar-refractivity contribution < 1.29 is 19.4 Å². The summed E-state index contributed by atoms with van der Waals surface area (Å²) in [5, 5.41) is 11.7. The third-order valence-corrected chi connectivity index (χ3v) is 3.90. The van der Waals surface area contributed by atoms with Crippen LogP contribution >= 0.6 is 0 Å². The summed E-state index contributed by atoms with van der Waals surface area (Å²) < 4.78 is 5.71. The maximum atomic E-state index is 12.2. The lowest BCUT2D eigenvalue weighted by Gasteiger charge is -2.15. The van der Waals surface area contributed by atoms with Gasteiger partial charge in [0, 0.05) is 5.69 Å². The fourth-order valence-corrected chi connectivity index (χ4v) is 2.51. The Hall–Kier alpha value is -2.82. The summed E-state index contributed by atoms with van der Waals surface area (Å²) >= 11 is 0. The summed E-state index contributed by atoms with van der Waals surface area (Å²) in [6.07, 6.45) is 0. The number of carboxylic acids is 1. The van der Waals surface area contributed by atoms with Crippen molar-refractivity contribution in [1.82, 2.24) is 0 Å². The highest BCUT2D eigenvalue weighted by atomic mass is 16.5. The second-order valence-corrected chi connectivity index (χ2v) is 6.37. The Balaban J connectivity index is 2.04. The molecule has 0 aliphatic rings. The zero-order valence-electron chi connectivity index (χ0n) is 14.9. The second kappa shape index (κ2) is 7.83. The zero-order chi connectivity index (χ0) is 18.6. The number of carboxylic acid groups (broad SMARTS) is 1. The Morgan fingerprint density at radius 1 is 1.12 bits per heavy atom. The van der Waals surface area contributed by atoms with Crippen LogP contribution in [-0.4, -0.2) is 23.6 Å². The molecular formula is C20H23NO4. The van der Waals surface area contributed by atoms with E-state index in [4.69, 9.17) is 9.84 Å². The SMILES string of the molecule is Cc1ccc(C(C)C)c(OCC(=O)Nc2ccc(C(=O)O)cc2C)c1. The Morgan fingerprint density at radius 2 is 1.84 bits per heavy atom. The van der Waals surface area contributed by atoms with Gasteiger partial charge in [-0.15, -0.1) is 0 Å². The molecule has 0 aliphatic carbocycles. The van der Waals surface area contributed by atoms with E-state index in [9.17, 15) is 9.59 Å². The van der Waals surface area contributed by atoms with Crippen LogP contribution in [0.3, 0.4) is 0 Å². The van der Waals surface area contributed by atoms with Gasteiger partial charge in [-0.2, -0.15) is 0 Å². The fraction of sp³-hybridized carbons (Fsp3) is 0.300. The molecule has 0 saturated heterocycles. The van der Waals surface area contributed by atoms with Gasteiger partial charge in [-0.05, 0) is 60.7 Å². The Labute approximate surface area is 147 Å². The minimum Gasteiger partial charge on any atom is -0.483 e. The number of hydrogen-bond acceptors (Lipinski definition) is 3. The molecule has 2 aromatic rings. The first-order valence-corrected chi connectivity index (χ1v) is 8.15. The van der Waals surface area contributed by atoms with Gasteiger partial charge in [0.15, 0.2) is 6.61 Å². The predicted molar refractivity (Wildman–Crippen MR) is 97.5 cm³/mol. The third-order valence-electron chi connectivity index (χ3n) is 3.90. The van der Waals surface area contributed by atoms with Crippen molar-refractivity contribution in [1.29, 1.82) is 0 Å². The molecular weight excluding hydrogens is 318 g/mol. The van der Waals surface area contributed by atoms with Crippen LogP contribution in [0, 0.1) is 13.8 Å². The molecule has 2 aromatic carbocycles. The van der Waals surface area contributed by atoms with Gasteiger partial charge in [0.2, 0.25) is 0 Å². The monoisotopic (exact) mass is 341 g/mol. The smallest absolute Gasteiger partial charge is 0.335 e. The number of benzene rings is 2. The number of nitrogens with one attached hydrogen (secondary N) is 1. The quantitative estimate of drug-likeness (QED) is 0.828. The van der Waals surface area contributed by atoms with Crippen molar-refractivity contribution in [2.75, 3.05) is 11.9 Å². The molecule has 25 heavy (non-hydrogen) atoms. The van der Waals surface area contributed by atoms with Crippen LogP contribution in [0.5, 0.6) is 5.75 Å². The predicted octanol–water partition coefficient (Wildman–Crippen LogP) is 4.14. The second-order valence-electron chi connectivity index (χ2n) is 6.37. The fourth-order valence-electron chi connectivity index (χ4n) is 2.51. The normalized spacial score (nSPS) is 10.6. The molecule has 0 fully saturated rings. The number of rotatable bonds is 6. The molecule has 132 valence electrons. The molecule has 0 radical (unpaired) electrons. The summed E-state index contributed by atoms with van der Waals surface area (Å²) in [7, 11) is 0. The van der Waals surface area contributed by atoms with Gasteiger partial charge in [0.05, 0.1) is 5.56 Å². The number of aryl methyl sites for hydroxylation is 2. The molecule has 1 amide bonds. The first kappa shape index (κ1) is 18.5. The van der Waals surface area contributed by atoms with E-state index in [1.807, 2.05) is 25.1 Å². The molecule has 0 aliphatic heterocycles. The Morgan fingerprint density at radius 3 is 2.44 bits per heavy atom. The number of amides is 1. The van der Waals surface area contributed by atoms with Gasteiger partial charge >= 0.3 is 5.97 Å². The van der Waals surface area contributed by atoms with Crippen LogP contribution in [-0.2, 0) is 4.79 Å². The molecule has 0 bridgehead atoms. The van der Waals surface area contributed by atoms with E-state index in [-0.39, 0.29) is 18.1 Å². The number of ether oxygens (including phenoxy) is 1. The molecule has 0 heterocycles. The van der Waals surface area contributed by atoms with Gasteiger partial charge in [-0.1, -0.05) is 26.0 Å². The first-order chi connectivity index (χ1) is 11.8. The van der Waals surface area contributed by atoms with Gasteiger partial charge in [0.1, 0.15) is 5.75 Å². The molecule has 5 heteroatoms. The number of carbonyl (C=O) groups is 2. The van der Waals surface area contributed by atoms with E-state index in [2.05, 4.69) is 19.2 Å². The summed E-state index contributed by atoms with van der Waals surface area (Å²) in [4.78, 5) is 23.1. The average molecular weight is 341 g/mol. The van der Waals surface area contributed by atoms with E-state index in [0.29, 0.717) is 22.9 Å². The van der Waals surface area contributed by atoms with Crippen LogP contribution in [0.1, 0.15) is 46.8 Å². The van der Waals surface area contributed by atoms with Crippen LogP contribution in [0.4, 0.5) is 5.69 Å². The van der Waals surface area contributed by atoms with Crippen molar-refractivity contribution in [3.63, 3.8) is 0 Å². The zero-order valence-corrected chi connectivity index (χ0v) is 14.9. The standard InChI is InChI=1S/C20H23NO4/c1-12(2)16-7-5-13(3)9-18(16)25-11-19(22)21-17-8-6-15(20(23)24)10-14(17)4/h5-10,12H,11H2,1-4H3,(H,21,22)(H,23,24). The molecule has 2 rings (SSSR count). The van der Waals surface area contributed by atoms with Crippen molar-refractivity contribution in [2.24, 2.45) is 0 Å². The molecule has 0 atom stereocenters. The first-order valence-electron chi connectivity index (χ1n) is 8.15. The van der Waals surface area contributed by atoms with E-state index in [1.54, 1.807) is 13.0 Å². The van der Waals surface area contributed by atoms with Crippen molar-refractivity contribution in [3.8, 4) is 5.75 Å². The van der Waals surface area contributed by atoms with Gasteiger partial charge in [-0.25, -0.2) is 4.79 Å². The molecule has 0 spiro atoms. The van der Waals surface area contributed by atoms with E-state index in [1.165, 1.54) is 12.1 Å². The van der Waals surface area contributed by atoms with Crippen molar-refractivity contribution in [3.05, 3.63) is 58.7 Å². The molecule has 0 unspecified atom stereocenters. The third kappa shape index (κ3) is 4.83. The summed E-state index contributed by atoms with van der Waals surface area (Å²) in [5.74, 6) is -0.278. The highest BCUT2D eigenvalue weighted by Gasteiger charge is 2.12. The lowest BCUT2D eigenvalue weighted by atomic mass is 10.0. The molecule has 2 N–H and O–H groups in total. The van der Waals surface area contributed by atoms with Gasteiger partial charge in [0.25, 0.3) is 5.91 Å². The van der Waals surface area contributed by atoms with Crippen LogP contribution in [0.2, 0.25) is 0 Å². The lowest BCUT2D eigenvalue weighted by Crippen LogP contribution is -2.21. The maximum Gasteiger partial charge on any atom is 0.335 e. The largest absolute Gasteiger partial charge is 0.483 e. The van der Waals surface area contributed by atoms with Crippen molar-refractivity contribution in [2.45, 2.75) is 33.6 Å². The minimum absolute atomic E-state index is 0.108. The maximum absolute atomic E-state index is 12.2. The Kier molecular flexibility index (Phi) is 5.80. The lowest BCUT2D eigenvalue weighted by molar-refractivity contribution is -0.118. The van der Waals surface area contributed by atoms with Gasteiger partial charge < -0.3 is 15.2 Å². The number of anilines is 1. The highest BCUT2D eigenvalue weighted by Crippen LogP contribution is 2.27. The number of hydrogen-bond donors (Lipinski definition) is 2. The van der Waals surface area contributed by atoms with E-state index >= 15 is 0 Å². The Bertz CT molecular complexity index is 796. The minimum atomic E-state index is -0.995. The molecule has 5 nitrogen and oxygen atoms in total. The topological polar surface area (TPSA) is 75.6 Å². The average Bonchev–Trinajstić information content (AvgIpc) is 2.54. The van der Waals surface area contributed by atoms with E-state index in [0.717, 1.165) is 11.1 Å². The summed E-state index contributed by atoms with van der Waals surface area (Å²) in [6.45, 7) is 7.77. The van der Waals surface area contributed by atoms with Crippen molar-refractivity contribution >= 4 is 17.6 Å². The van der Waals surface area contributed by atoms with Crippen LogP contribution < -0.4 is 10.1 Å². The summed E-state index contributed by atoms with van der Waals surface area (Å²) in [5.41, 5.74) is 3.58. The van der Waals surface area contributed by atoms with Crippen LogP contribution in [0.25, 0.3) is 0 Å². The number of aromatic carboxylic acids is 1. The number of carbonyl (C=O) groups excluding carboxylic acids is 1.